The summed E-state index contributed by atoms with van der Waals surface area (Å²) in [5.74, 6) is -0.828. The fraction of sp³-hybridized carbons (Fsp3) is 0.600. The fourth-order valence-corrected chi connectivity index (χ4v) is 4.52. The molecule has 0 aromatic carbocycles. The van der Waals surface area contributed by atoms with Gasteiger partial charge in [0.1, 0.15) is 6.10 Å². The van der Waals surface area contributed by atoms with E-state index in [4.69, 9.17) is 9.84 Å². The van der Waals surface area contributed by atoms with E-state index in [-0.39, 0.29) is 18.5 Å². The zero-order chi connectivity index (χ0) is 32.2. The van der Waals surface area contributed by atoms with Crippen molar-refractivity contribution < 1.29 is 19.4 Å². The van der Waals surface area contributed by atoms with Crippen molar-refractivity contribution in [3.05, 3.63) is 85.1 Å². The highest BCUT2D eigenvalue weighted by Gasteiger charge is 2.11. The zero-order valence-corrected chi connectivity index (χ0v) is 28.2. The number of hydrogen-bond donors (Lipinski definition) is 1. The molecule has 44 heavy (non-hydrogen) atoms. The number of rotatable bonds is 30. The van der Waals surface area contributed by atoms with E-state index in [1.807, 2.05) is 0 Å². The summed E-state index contributed by atoms with van der Waals surface area (Å²) in [5, 5.41) is 8.75. The Morgan fingerprint density at radius 3 is 1.61 bits per heavy atom. The first-order chi connectivity index (χ1) is 21.6. The molecule has 1 N–H and O–H groups in total. The Morgan fingerprint density at radius 2 is 1.05 bits per heavy atom. The fourth-order valence-electron chi connectivity index (χ4n) is 4.52. The molecule has 0 radical (unpaired) electrons. The molecule has 0 aromatic rings. The van der Waals surface area contributed by atoms with Gasteiger partial charge in [0.15, 0.2) is 0 Å². The van der Waals surface area contributed by atoms with Crippen LogP contribution in [0.15, 0.2) is 85.1 Å². The van der Waals surface area contributed by atoms with Crippen LogP contribution in [-0.4, -0.2) is 23.1 Å². The van der Waals surface area contributed by atoms with E-state index in [1.165, 1.54) is 19.3 Å². The molecule has 0 saturated carbocycles. The summed E-state index contributed by atoms with van der Waals surface area (Å²) in [4.78, 5) is 23.2. The summed E-state index contributed by atoms with van der Waals surface area (Å²) < 4.78 is 5.85. The molecule has 0 saturated heterocycles. The van der Waals surface area contributed by atoms with Gasteiger partial charge in [0.25, 0.3) is 0 Å². The Labute approximate surface area is 270 Å². The first-order valence-electron chi connectivity index (χ1n) is 17.6. The van der Waals surface area contributed by atoms with E-state index < -0.39 is 5.97 Å². The number of carboxylic acids is 1. The van der Waals surface area contributed by atoms with Crippen LogP contribution >= 0.6 is 0 Å². The summed E-state index contributed by atoms with van der Waals surface area (Å²) in [6, 6.07) is 0. The van der Waals surface area contributed by atoms with Crippen LogP contribution in [0, 0.1) is 0 Å². The molecule has 0 bridgehead atoms. The molecule has 0 aromatic heterocycles. The normalized spacial score (nSPS) is 13.3. The minimum absolute atomic E-state index is 0.115. The molecule has 0 aliphatic heterocycles. The minimum atomic E-state index is -0.713. The van der Waals surface area contributed by atoms with Crippen molar-refractivity contribution in [1.29, 1.82) is 0 Å². The maximum Gasteiger partial charge on any atom is 0.306 e. The van der Waals surface area contributed by atoms with Crippen LogP contribution in [0.2, 0.25) is 0 Å². The van der Waals surface area contributed by atoms with Crippen molar-refractivity contribution in [2.24, 2.45) is 0 Å². The van der Waals surface area contributed by atoms with Crippen LogP contribution in [0.25, 0.3) is 0 Å². The van der Waals surface area contributed by atoms with Gasteiger partial charge in [-0.1, -0.05) is 131 Å². The number of hydrogen-bond acceptors (Lipinski definition) is 3. The molecule has 1 unspecified atom stereocenters. The lowest BCUT2D eigenvalue weighted by Gasteiger charge is -2.14. The maximum atomic E-state index is 12.5. The third kappa shape index (κ3) is 33.6. The van der Waals surface area contributed by atoms with E-state index in [0.29, 0.717) is 6.42 Å². The van der Waals surface area contributed by atoms with Crippen molar-refractivity contribution in [2.45, 2.75) is 155 Å². The highest BCUT2D eigenvalue weighted by atomic mass is 16.5. The summed E-state index contributed by atoms with van der Waals surface area (Å²) in [6.45, 7) is 4.37. The molecule has 0 heterocycles. The monoisotopic (exact) mass is 608 g/mol. The van der Waals surface area contributed by atoms with Crippen molar-refractivity contribution >= 4 is 11.9 Å². The Morgan fingerprint density at radius 1 is 0.545 bits per heavy atom. The highest BCUT2D eigenvalue weighted by molar-refractivity contribution is 5.69. The van der Waals surface area contributed by atoms with Crippen LogP contribution in [0.4, 0.5) is 0 Å². The third-order valence-corrected chi connectivity index (χ3v) is 7.09. The molecular formula is C40H64O4. The van der Waals surface area contributed by atoms with E-state index in [1.54, 1.807) is 0 Å². The summed E-state index contributed by atoms with van der Waals surface area (Å²) in [6.07, 6.45) is 50.3. The quantitative estimate of drug-likeness (QED) is 0.0500. The van der Waals surface area contributed by atoms with Gasteiger partial charge in [-0.05, 0) is 89.5 Å². The molecule has 0 fully saturated rings. The number of ether oxygens (including phenoxy) is 1. The summed E-state index contributed by atoms with van der Waals surface area (Å²) in [5.41, 5.74) is 0. The lowest BCUT2D eigenvalue weighted by Crippen LogP contribution is -2.16. The highest BCUT2D eigenvalue weighted by Crippen LogP contribution is 2.14. The predicted octanol–water partition coefficient (Wildman–Crippen LogP) is 12.1. The van der Waals surface area contributed by atoms with Crippen LogP contribution in [-0.2, 0) is 14.3 Å². The Balaban J connectivity index is 4.26. The standard InChI is InChI=1S/C40H64O4/c1-3-5-7-9-11-13-14-15-16-17-18-19-20-21-23-29-33-37-40(43)44-38(34-30-26-22-12-10-8-6-4-2)35-31-27-24-25-28-32-36-39(41)42/h5,7,11-13,15-16,18-19,21-23,30,34,38H,3-4,6,8-10,14,17,20,24-29,31-33,35-37H2,1-2H3,(H,41,42)/b7-5-,13-11-,16-15-,19-18-,22-12-,23-21-,34-30-. The second-order valence-electron chi connectivity index (χ2n) is 11.3. The van der Waals surface area contributed by atoms with Crippen molar-refractivity contribution in [3.8, 4) is 0 Å². The van der Waals surface area contributed by atoms with Crippen molar-refractivity contribution in [2.75, 3.05) is 0 Å². The molecule has 0 rings (SSSR count). The third-order valence-electron chi connectivity index (χ3n) is 7.09. The average molecular weight is 609 g/mol. The molecule has 0 aliphatic rings. The number of carbonyl (C=O) groups is 2. The van der Waals surface area contributed by atoms with Gasteiger partial charge in [0, 0.05) is 12.8 Å². The Bertz CT molecular complexity index is 872. The van der Waals surface area contributed by atoms with Gasteiger partial charge >= 0.3 is 11.9 Å². The maximum absolute atomic E-state index is 12.5. The summed E-state index contributed by atoms with van der Waals surface area (Å²) >= 11 is 0. The van der Waals surface area contributed by atoms with Crippen LogP contribution in [0.3, 0.4) is 0 Å². The largest absolute Gasteiger partial charge is 0.481 e. The number of carbonyl (C=O) groups excluding carboxylic acids is 1. The number of unbranched alkanes of at least 4 members (excludes halogenated alkanes) is 9. The van der Waals surface area contributed by atoms with Crippen LogP contribution < -0.4 is 0 Å². The van der Waals surface area contributed by atoms with Gasteiger partial charge in [-0.25, -0.2) is 0 Å². The number of allylic oxidation sites excluding steroid dienone is 13. The number of aliphatic carboxylic acids is 1. The van der Waals surface area contributed by atoms with E-state index in [9.17, 15) is 9.59 Å². The number of esters is 1. The van der Waals surface area contributed by atoms with Gasteiger partial charge in [-0.3, -0.25) is 9.59 Å². The predicted molar refractivity (Wildman–Crippen MR) is 190 cm³/mol. The number of carboxylic acid groups (broad SMARTS) is 1. The molecule has 4 heteroatoms. The smallest absolute Gasteiger partial charge is 0.306 e. The van der Waals surface area contributed by atoms with Crippen LogP contribution in [0.5, 0.6) is 0 Å². The first kappa shape index (κ1) is 41.1. The summed E-state index contributed by atoms with van der Waals surface area (Å²) in [7, 11) is 0. The minimum Gasteiger partial charge on any atom is -0.481 e. The second-order valence-corrected chi connectivity index (χ2v) is 11.3. The molecular weight excluding hydrogens is 544 g/mol. The van der Waals surface area contributed by atoms with Gasteiger partial charge < -0.3 is 9.84 Å². The second kappa shape index (κ2) is 34.6. The molecule has 0 spiro atoms. The van der Waals surface area contributed by atoms with Gasteiger partial charge in [-0.15, -0.1) is 0 Å². The van der Waals surface area contributed by atoms with Crippen molar-refractivity contribution in [1.82, 2.24) is 0 Å². The zero-order valence-electron chi connectivity index (χ0n) is 28.2. The topological polar surface area (TPSA) is 63.6 Å². The molecule has 0 amide bonds. The van der Waals surface area contributed by atoms with Gasteiger partial charge in [0.05, 0.1) is 0 Å². The lowest BCUT2D eigenvalue weighted by molar-refractivity contribution is -0.147. The molecule has 248 valence electrons. The Hall–Kier alpha value is -2.88. The molecule has 1 atom stereocenters. The van der Waals surface area contributed by atoms with Gasteiger partial charge in [0.2, 0.25) is 0 Å². The van der Waals surface area contributed by atoms with Gasteiger partial charge in [-0.2, -0.15) is 0 Å². The SMILES string of the molecule is CC/C=C\C/C=C\C/C=C\C/C=C\C/C=C\CCCC(=O)OC(/C=C\C/C=C\CCCCC)CCCCCCCCC(=O)O. The lowest BCUT2D eigenvalue weighted by atomic mass is 10.1. The van der Waals surface area contributed by atoms with E-state index in [2.05, 4.69) is 98.9 Å². The Kier molecular flexibility index (Phi) is 32.3. The van der Waals surface area contributed by atoms with E-state index in [0.717, 1.165) is 103 Å². The van der Waals surface area contributed by atoms with E-state index >= 15 is 0 Å². The first-order valence-corrected chi connectivity index (χ1v) is 17.6. The molecule has 4 nitrogen and oxygen atoms in total. The van der Waals surface area contributed by atoms with Crippen LogP contribution in [0.1, 0.15) is 149 Å². The van der Waals surface area contributed by atoms with Crippen molar-refractivity contribution in [3.63, 3.8) is 0 Å². The molecule has 0 aliphatic carbocycles. The average Bonchev–Trinajstić information content (AvgIpc) is 3.01.